The molecule has 1 aromatic heterocycles. The molecule has 0 amide bonds. The third-order valence-electron chi connectivity index (χ3n) is 4.03. The summed E-state index contributed by atoms with van der Waals surface area (Å²) in [6.45, 7) is 1.96. The summed E-state index contributed by atoms with van der Waals surface area (Å²) >= 11 is 6.00. The fraction of sp³-hybridized carbons (Fsp3) is 0.235. The number of hydrazine groups is 1. The van der Waals surface area contributed by atoms with E-state index in [1.165, 1.54) is 0 Å². The molecule has 0 saturated carbocycles. The number of hydrogen-bond acceptors (Lipinski definition) is 4. The van der Waals surface area contributed by atoms with Crippen LogP contribution in [-0.4, -0.2) is 28.8 Å². The second-order valence-electron chi connectivity index (χ2n) is 5.53. The highest BCUT2D eigenvalue weighted by atomic mass is 35.5. The molecule has 1 atom stereocenters. The van der Waals surface area contributed by atoms with Crippen molar-refractivity contribution < 1.29 is 5.11 Å². The summed E-state index contributed by atoms with van der Waals surface area (Å²) in [6, 6.07) is 9.53. The molecule has 3 rings (SSSR count). The van der Waals surface area contributed by atoms with E-state index in [2.05, 4.69) is 10.4 Å². The van der Waals surface area contributed by atoms with Crippen molar-refractivity contribution in [3.63, 3.8) is 0 Å². The van der Waals surface area contributed by atoms with Crippen molar-refractivity contribution in [2.75, 3.05) is 13.7 Å². The molecule has 0 radical (unpaired) electrons. The van der Waals surface area contributed by atoms with Crippen LogP contribution in [0.15, 0.2) is 48.9 Å². The van der Waals surface area contributed by atoms with Gasteiger partial charge in [-0.25, -0.2) is 5.43 Å². The van der Waals surface area contributed by atoms with Crippen molar-refractivity contribution in [3.8, 4) is 0 Å². The van der Waals surface area contributed by atoms with Gasteiger partial charge in [0, 0.05) is 36.2 Å². The van der Waals surface area contributed by atoms with Crippen molar-refractivity contribution in [2.24, 2.45) is 0 Å². The SMILES string of the molecule is Cc1cnccc1C1=CN(C)NC1(CO)c1ccc(Cl)cc1. The van der Waals surface area contributed by atoms with Gasteiger partial charge in [0.05, 0.1) is 6.61 Å². The Morgan fingerprint density at radius 2 is 2.00 bits per heavy atom. The average molecular weight is 316 g/mol. The molecule has 22 heavy (non-hydrogen) atoms. The van der Waals surface area contributed by atoms with E-state index in [1.54, 1.807) is 6.20 Å². The van der Waals surface area contributed by atoms with Crippen molar-refractivity contribution in [2.45, 2.75) is 12.5 Å². The van der Waals surface area contributed by atoms with Gasteiger partial charge in [-0.2, -0.15) is 0 Å². The fourth-order valence-corrected chi connectivity index (χ4v) is 3.06. The zero-order chi connectivity index (χ0) is 15.7. The lowest BCUT2D eigenvalue weighted by atomic mass is 9.80. The minimum Gasteiger partial charge on any atom is -0.394 e. The lowest BCUT2D eigenvalue weighted by Crippen LogP contribution is -2.47. The molecule has 5 heteroatoms. The van der Waals surface area contributed by atoms with E-state index in [1.807, 2.05) is 61.7 Å². The molecular weight excluding hydrogens is 298 g/mol. The van der Waals surface area contributed by atoms with Crippen LogP contribution in [0.25, 0.3) is 5.57 Å². The highest BCUT2D eigenvalue weighted by Gasteiger charge is 2.41. The van der Waals surface area contributed by atoms with Crippen LogP contribution in [0.3, 0.4) is 0 Å². The van der Waals surface area contributed by atoms with Crippen LogP contribution in [0.2, 0.25) is 5.02 Å². The molecule has 0 saturated heterocycles. The van der Waals surface area contributed by atoms with Crippen LogP contribution in [-0.2, 0) is 5.54 Å². The number of hydrogen-bond donors (Lipinski definition) is 2. The Kier molecular flexibility index (Phi) is 3.91. The monoisotopic (exact) mass is 315 g/mol. The zero-order valence-electron chi connectivity index (χ0n) is 12.5. The van der Waals surface area contributed by atoms with Crippen LogP contribution in [0, 0.1) is 6.92 Å². The van der Waals surface area contributed by atoms with E-state index >= 15 is 0 Å². The summed E-state index contributed by atoms with van der Waals surface area (Å²) in [6.07, 6.45) is 5.61. The Balaban J connectivity index is 2.16. The molecule has 0 spiro atoms. The molecule has 1 unspecified atom stereocenters. The smallest absolute Gasteiger partial charge is 0.112 e. The maximum absolute atomic E-state index is 10.2. The molecule has 0 aliphatic carbocycles. The summed E-state index contributed by atoms with van der Waals surface area (Å²) in [5.41, 5.74) is 6.78. The van der Waals surface area contributed by atoms with Crippen molar-refractivity contribution in [3.05, 3.63) is 70.6 Å². The van der Waals surface area contributed by atoms with Gasteiger partial charge in [0.1, 0.15) is 5.54 Å². The van der Waals surface area contributed by atoms with Crippen LogP contribution in [0.4, 0.5) is 0 Å². The summed E-state index contributed by atoms with van der Waals surface area (Å²) < 4.78 is 0. The van der Waals surface area contributed by atoms with E-state index in [0.717, 1.165) is 22.3 Å². The van der Waals surface area contributed by atoms with Crippen LogP contribution < -0.4 is 5.43 Å². The van der Waals surface area contributed by atoms with E-state index in [9.17, 15) is 5.11 Å². The Morgan fingerprint density at radius 1 is 1.27 bits per heavy atom. The highest BCUT2D eigenvalue weighted by molar-refractivity contribution is 6.30. The number of aliphatic hydroxyl groups is 1. The van der Waals surface area contributed by atoms with Crippen LogP contribution >= 0.6 is 11.6 Å². The summed E-state index contributed by atoms with van der Waals surface area (Å²) in [5, 5.41) is 12.8. The lowest BCUT2D eigenvalue weighted by molar-refractivity contribution is 0.158. The van der Waals surface area contributed by atoms with Gasteiger partial charge in [0.25, 0.3) is 0 Å². The minimum absolute atomic E-state index is 0.0629. The molecule has 1 aromatic carbocycles. The van der Waals surface area contributed by atoms with E-state index in [-0.39, 0.29) is 6.61 Å². The van der Waals surface area contributed by atoms with Crippen LogP contribution in [0.1, 0.15) is 16.7 Å². The van der Waals surface area contributed by atoms with Gasteiger partial charge in [-0.1, -0.05) is 23.7 Å². The molecular formula is C17H18ClN3O. The number of nitrogens with zero attached hydrogens (tertiary/aromatic N) is 2. The van der Waals surface area contributed by atoms with E-state index in [0.29, 0.717) is 5.02 Å². The van der Waals surface area contributed by atoms with Gasteiger partial charge in [-0.15, -0.1) is 0 Å². The standard InChI is InChI=1S/C17H18ClN3O/c1-12-9-19-8-7-15(12)16-10-21(2)20-17(16,11-22)13-3-5-14(18)6-4-13/h3-10,20,22H,11H2,1-2H3. The molecule has 0 fully saturated rings. The van der Waals surface area contributed by atoms with Gasteiger partial charge < -0.3 is 10.1 Å². The summed E-state index contributed by atoms with van der Waals surface area (Å²) in [5.74, 6) is 0. The number of rotatable bonds is 3. The molecule has 2 aromatic rings. The maximum Gasteiger partial charge on any atom is 0.112 e. The van der Waals surface area contributed by atoms with Crippen molar-refractivity contribution >= 4 is 17.2 Å². The van der Waals surface area contributed by atoms with Gasteiger partial charge in [-0.05, 0) is 41.8 Å². The van der Waals surface area contributed by atoms with E-state index < -0.39 is 5.54 Å². The third-order valence-corrected chi connectivity index (χ3v) is 4.29. The number of aliphatic hydroxyl groups excluding tert-OH is 1. The second-order valence-corrected chi connectivity index (χ2v) is 5.96. The van der Waals surface area contributed by atoms with Crippen molar-refractivity contribution in [1.29, 1.82) is 0 Å². The topological polar surface area (TPSA) is 48.4 Å². The zero-order valence-corrected chi connectivity index (χ0v) is 13.3. The van der Waals surface area contributed by atoms with Gasteiger partial charge in [0.2, 0.25) is 0 Å². The van der Waals surface area contributed by atoms with Gasteiger partial charge in [-0.3, -0.25) is 4.98 Å². The number of halogens is 1. The largest absolute Gasteiger partial charge is 0.394 e. The number of aromatic nitrogens is 1. The first-order valence-corrected chi connectivity index (χ1v) is 7.45. The number of aryl methyl sites for hydroxylation is 1. The molecule has 0 bridgehead atoms. The Bertz CT molecular complexity index is 714. The first kappa shape index (κ1) is 15.0. The fourth-order valence-electron chi connectivity index (χ4n) is 2.94. The average Bonchev–Trinajstić information content (AvgIpc) is 2.86. The molecule has 1 aliphatic heterocycles. The number of nitrogens with one attached hydrogen (secondary N) is 1. The first-order valence-electron chi connectivity index (χ1n) is 7.07. The lowest BCUT2D eigenvalue weighted by Gasteiger charge is -2.32. The molecule has 2 heterocycles. The molecule has 114 valence electrons. The van der Waals surface area contributed by atoms with E-state index in [4.69, 9.17) is 11.6 Å². The second kappa shape index (κ2) is 5.72. The Hall–Kier alpha value is -1.88. The summed E-state index contributed by atoms with van der Waals surface area (Å²) in [7, 11) is 1.92. The predicted molar refractivity (Wildman–Crippen MR) is 88.1 cm³/mol. The Morgan fingerprint density at radius 3 is 2.64 bits per heavy atom. The first-order chi connectivity index (χ1) is 10.6. The molecule has 4 nitrogen and oxygen atoms in total. The third kappa shape index (κ3) is 2.39. The quantitative estimate of drug-likeness (QED) is 0.914. The molecule has 2 N–H and O–H groups in total. The molecule has 1 aliphatic rings. The minimum atomic E-state index is -0.689. The number of benzene rings is 1. The van der Waals surface area contributed by atoms with Gasteiger partial charge >= 0.3 is 0 Å². The number of pyridine rings is 1. The summed E-state index contributed by atoms with van der Waals surface area (Å²) in [4.78, 5) is 4.15. The Labute approximate surface area is 135 Å². The highest BCUT2D eigenvalue weighted by Crippen LogP contribution is 2.41. The maximum atomic E-state index is 10.2. The predicted octanol–water partition coefficient (Wildman–Crippen LogP) is 2.72. The van der Waals surface area contributed by atoms with Crippen LogP contribution in [0.5, 0.6) is 0 Å². The van der Waals surface area contributed by atoms with Gasteiger partial charge in [0.15, 0.2) is 0 Å². The normalized spacial score (nSPS) is 21.1. The van der Waals surface area contributed by atoms with Crippen molar-refractivity contribution in [1.82, 2.24) is 15.4 Å².